The molecular formula is C13H17N3O2. The predicted octanol–water partition coefficient (Wildman–Crippen LogP) is 1.26. The lowest BCUT2D eigenvalue weighted by molar-refractivity contribution is -0.129. The number of carbonyl (C=O) groups excluding carboxylic acids is 1. The number of aryl methyl sites for hydroxylation is 1. The molecule has 0 fully saturated rings. The molecule has 0 aliphatic heterocycles. The third kappa shape index (κ3) is 3.22. The molecule has 1 unspecified atom stereocenters. The maximum atomic E-state index is 11.6. The molecule has 0 aliphatic rings. The fraction of sp³-hybridized carbons (Fsp3) is 0.385. The predicted molar refractivity (Wildman–Crippen MR) is 67.5 cm³/mol. The van der Waals surface area contributed by atoms with Gasteiger partial charge < -0.3 is 4.74 Å². The highest BCUT2D eigenvalue weighted by molar-refractivity contribution is 5.80. The molecule has 1 amide bonds. The van der Waals surface area contributed by atoms with Gasteiger partial charge in [-0.2, -0.15) is 5.26 Å². The number of nitrogens with two attached hydrogens (primary N) is 1. The lowest BCUT2D eigenvalue weighted by atomic mass is 10.1. The minimum Gasteiger partial charge on any atom is -0.480 e. The van der Waals surface area contributed by atoms with Crippen molar-refractivity contribution >= 4 is 5.91 Å². The number of ether oxygens (including phenoxy) is 1. The third-order valence-electron chi connectivity index (χ3n) is 2.58. The maximum Gasteiger partial charge on any atom is 0.275 e. The zero-order chi connectivity index (χ0) is 13.7. The number of nitriles is 1. The lowest BCUT2D eigenvalue weighted by Gasteiger charge is -2.21. The standard InChI is InChI=1S/C13H17N3O2/c1-8(2)12(13(17)16-15)18-11-6-10(7-14)5-4-9(11)3/h4-6,8,12H,15H2,1-3H3,(H,16,17). The van der Waals surface area contributed by atoms with Crippen LogP contribution in [0.5, 0.6) is 5.75 Å². The molecule has 1 aromatic carbocycles. The Labute approximate surface area is 107 Å². The topological polar surface area (TPSA) is 88.1 Å². The van der Waals surface area contributed by atoms with Gasteiger partial charge in [0.1, 0.15) is 5.75 Å². The zero-order valence-electron chi connectivity index (χ0n) is 10.7. The van der Waals surface area contributed by atoms with E-state index >= 15 is 0 Å². The van der Waals surface area contributed by atoms with Gasteiger partial charge in [-0.3, -0.25) is 10.2 Å². The molecule has 1 atom stereocenters. The Morgan fingerprint density at radius 2 is 2.17 bits per heavy atom. The minimum atomic E-state index is -0.678. The summed E-state index contributed by atoms with van der Waals surface area (Å²) in [7, 11) is 0. The monoisotopic (exact) mass is 247 g/mol. The summed E-state index contributed by atoms with van der Waals surface area (Å²) in [6.45, 7) is 5.58. The first kappa shape index (κ1) is 14.0. The van der Waals surface area contributed by atoms with E-state index in [9.17, 15) is 4.79 Å². The van der Waals surface area contributed by atoms with Crippen LogP contribution < -0.4 is 16.0 Å². The molecule has 0 saturated heterocycles. The molecule has 0 aromatic heterocycles. The van der Waals surface area contributed by atoms with Crippen LogP contribution in [0, 0.1) is 24.2 Å². The Morgan fingerprint density at radius 3 is 2.67 bits per heavy atom. The third-order valence-corrected chi connectivity index (χ3v) is 2.58. The highest BCUT2D eigenvalue weighted by Crippen LogP contribution is 2.22. The number of hydrazine groups is 1. The zero-order valence-corrected chi connectivity index (χ0v) is 10.7. The molecule has 18 heavy (non-hydrogen) atoms. The van der Waals surface area contributed by atoms with Crippen molar-refractivity contribution < 1.29 is 9.53 Å². The van der Waals surface area contributed by atoms with Gasteiger partial charge in [0.2, 0.25) is 0 Å². The SMILES string of the molecule is Cc1ccc(C#N)cc1OC(C(=O)NN)C(C)C. The van der Waals surface area contributed by atoms with Gasteiger partial charge in [0.15, 0.2) is 6.10 Å². The van der Waals surface area contributed by atoms with Crippen LogP contribution in [0.15, 0.2) is 18.2 Å². The summed E-state index contributed by atoms with van der Waals surface area (Å²) in [5.41, 5.74) is 3.44. The first-order valence-corrected chi connectivity index (χ1v) is 5.67. The number of carbonyl (C=O) groups is 1. The second kappa shape index (κ2) is 6.03. The van der Waals surface area contributed by atoms with Crippen LogP contribution in [0.3, 0.4) is 0 Å². The Hall–Kier alpha value is -2.06. The van der Waals surface area contributed by atoms with E-state index in [1.54, 1.807) is 18.2 Å². The molecule has 0 heterocycles. The van der Waals surface area contributed by atoms with E-state index in [0.29, 0.717) is 11.3 Å². The van der Waals surface area contributed by atoms with Crippen LogP contribution in [-0.4, -0.2) is 12.0 Å². The first-order chi connectivity index (χ1) is 8.49. The molecular weight excluding hydrogens is 230 g/mol. The average molecular weight is 247 g/mol. The van der Waals surface area contributed by atoms with Crippen LogP contribution in [0.25, 0.3) is 0 Å². The van der Waals surface area contributed by atoms with Crippen LogP contribution in [0.1, 0.15) is 25.0 Å². The van der Waals surface area contributed by atoms with Crippen molar-refractivity contribution in [2.24, 2.45) is 11.8 Å². The van der Waals surface area contributed by atoms with E-state index in [2.05, 4.69) is 5.43 Å². The number of benzene rings is 1. The number of amides is 1. The van der Waals surface area contributed by atoms with Crippen molar-refractivity contribution in [2.45, 2.75) is 26.9 Å². The largest absolute Gasteiger partial charge is 0.480 e. The Bertz CT molecular complexity index is 478. The van der Waals surface area contributed by atoms with Gasteiger partial charge in [-0.05, 0) is 30.5 Å². The van der Waals surface area contributed by atoms with E-state index in [1.165, 1.54) is 0 Å². The molecule has 3 N–H and O–H groups in total. The summed E-state index contributed by atoms with van der Waals surface area (Å²) in [6.07, 6.45) is -0.678. The van der Waals surface area contributed by atoms with Crippen molar-refractivity contribution in [3.8, 4) is 11.8 Å². The van der Waals surface area contributed by atoms with E-state index in [-0.39, 0.29) is 11.8 Å². The molecule has 96 valence electrons. The molecule has 5 nitrogen and oxygen atoms in total. The van der Waals surface area contributed by atoms with Gasteiger partial charge in [0.25, 0.3) is 5.91 Å². The van der Waals surface area contributed by atoms with Crippen molar-refractivity contribution in [1.29, 1.82) is 5.26 Å². The summed E-state index contributed by atoms with van der Waals surface area (Å²) in [5.74, 6) is 5.24. The van der Waals surface area contributed by atoms with Crippen LogP contribution in [0.4, 0.5) is 0 Å². The molecule has 0 aliphatic carbocycles. The van der Waals surface area contributed by atoms with Gasteiger partial charge in [-0.15, -0.1) is 0 Å². The summed E-state index contributed by atoms with van der Waals surface area (Å²) in [6, 6.07) is 7.14. The van der Waals surface area contributed by atoms with E-state index in [0.717, 1.165) is 5.56 Å². The van der Waals surface area contributed by atoms with Gasteiger partial charge in [-0.1, -0.05) is 19.9 Å². The molecule has 0 radical (unpaired) electrons. The summed E-state index contributed by atoms with van der Waals surface area (Å²) >= 11 is 0. The molecule has 0 spiro atoms. The van der Waals surface area contributed by atoms with Crippen LogP contribution in [-0.2, 0) is 4.79 Å². The van der Waals surface area contributed by atoms with Crippen molar-refractivity contribution in [2.75, 3.05) is 0 Å². The number of hydrogen-bond acceptors (Lipinski definition) is 4. The second-order valence-electron chi connectivity index (χ2n) is 4.38. The van der Waals surface area contributed by atoms with E-state index in [4.69, 9.17) is 15.8 Å². The Kier molecular flexibility index (Phi) is 4.69. The number of hydrogen-bond donors (Lipinski definition) is 2. The van der Waals surface area contributed by atoms with Crippen LogP contribution >= 0.6 is 0 Å². The quantitative estimate of drug-likeness (QED) is 0.476. The smallest absolute Gasteiger partial charge is 0.275 e. The van der Waals surface area contributed by atoms with Crippen LogP contribution in [0.2, 0.25) is 0 Å². The summed E-state index contributed by atoms with van der Waals surface area (Å²) in [4.78, 5) is 11.6. The summed E-state index contributed by atoms with van der Waals surface area (Å²) < 4.78 is 5.66. The average Bonchev–Trinajstić information content (AvgIpc) is 2.36. The lowest BCUT2D eigenvalue weighted by Crippen LogP contribution is -2.44. The highest BCUT2D eigenvalue weighted by Gasteiger charge is 2.24. The van der Waals surface area contributed by atoms with E-state index < -0.39 is 6.10 Å². The Balaban J connectivity index is 3.01. The van der Waals surface area contributed by atoms with Crippen molar-refractivity contribution in [3.63, 3.8) is 0 Å². The molecule has 1 rings (SSSR count). The fourth-order valence-electron chi connectivity index (χ4n) is 1.51. The van der Waals surface area contributed by atoms with Crippen molar-refractivity contribution in [1.82, 2.24) is 5.43 Å². The molecule has 1 aromatic rings. The Morgan fingerprint density at radius 1 is 1.50 bits per heavy atom. The molecule has 0 bridgehead atoms. The first-order valence-electron chi connectivity index (χ1n) is 5.67. The highest BCUT2D eigenvalue weighted by atomic mass is 16.5. The maximum absolute atomic E-state index is 11.6. The second-order valence-corrected chi connectivity index (χ2v) is 4.38. The van der Waals surface area contributed by atoms with Gasteiger partial charge in [-0.25, -0.2) is 5.84 Å². The number of nitrogens with zero attached hydrogens (tertiary/aromatic N) is 1. The van der Waals surface area contributed by atoms with Gasteiger partial charge in [0.05, 0.1) is 11.6 Å². The fourth-order valence-corrected chi connectivity index (χ4v) is 1.51. The normalized spacial score (nSPS) is 11.8. The van der Waals surface area contributed by atoms with Gasteiger partial charge in [0, 0.05) is 0 Å². The van der Waals surface area contributed by atoms with Crippen molar-refractivity contribution in [3.05, 3.63) is 29.3 Å². The van der Waals surface area contributed by atoms with Gasteiger partial charge >= 0.3 is 0 Å². The number of nitrogens with one attached hydrogen (secondary N) is 1. The summed E-state index contributed by atoms with van der Waals surface area (Å²) in [5, 5.41) is 8.85. The molecule has 0 saturated carbocycles. The number of rotatable bonds is 4. The minimum absolute atomic E-state index is 0.0290. The van der Waals surface area contributed by atoms with E-state index in [1.807, 2.05) is 26.8 Å². The molecule has 5 heteroatoms.